The average Bonchev–Trinajstić information content (AvgIpc) is 3.05. The van der Waals surface area contributed by atoms with Crippen molar-refractivity contribution in [3.8, 4) is 17.0 Å². The van der Waals surface area contributed by atoms with Crippen molar-refractivity contribution in [3.05, 3.63) is 65.2 Å². The molecule has 0 spiro atoms. The van der Waals surface area contributed by atoms with Crippen molar-refractivity contribution in [1.82, 2.24) is 5.16 Å². The van der Waals surface area contributed by atoms with Gasteiger partial charge in [-0.05, 0) is 31.2 Å². The number of anilines is 1. The predicted octanol–water partition coefficient (Wildman–Crippen LogP) is 4.65. The summed E-state index contributed by atoms with van der Waals surface area (Å²) in [6.07, 6.45) is 0. The Kier molecular flexibility index (Phi) is 4.82. The molecule has 0 fully saturated rings. The molecule has 5 nitrogen and oxygen atoms in total. The van der Waals surface area contributed by atoms with Crippen LogP contribution in [0.2, 0.25) is 5.02 Å². The zero-order chi connectivity index (χ0) is 16.9. The van der Waals surface area contributed by atoms with E-state index in [2.05, 4.69) is 10.5 Å². The van der Waals surface area contributed by atoms with E-state index in [1.54, 1.807) is 36.4 Å². The highest BCUT2D eigenvalue weighted by atomic mass is 35.5. The Bertz CT molecular complexity index is 843. The summed E-state index contributed by atoms with van der Waals surface area (Å²) >= 11 is 5.87. The molecule has 0 aliphatic rings. The van der Waals surface area contributed by atoms with E-state index in [9.17, 15) is 4.79 Å². The van der Waals surface area contributed by atoms with E-state index >= 15 is 0 Å². The van der Waals surface area contributed by atoms with Crippen LogP contribution in [0, 0.1) is 0 Å². The first-order valence-corrected chi connectivity index (χ1v) is 7.81. The van der Waals surface area contributed by atoms with E-state index in [1.807, 2.05) is 25.1 Å². The van der Waals surface area contributed by atoms with Gasteiger partial charge in [-0.25, -0.2) is 0 Å². The first kappa shape index (κ1) is 16.1. The number of ether oxygens (including phenoxy) is 1. The maximum absolute atomic E-state index is 12.4. The summed E-state index contributed by atoms with van der Waals surface area (Å²) in [4.78, 5) is 12.4. The summed E-state index contributed by atoms with van der Waals surface area (Å²) in [5.74, 6) is 0.462. The lowest BCUT2D eigenvalue weighted by molar-refractivity contribution is 0.102. The molecule has 1 aromatic heterocycles. The van der Waals surface area contributed by atoms with Gasteiger partial charge in [0.05, 0.1) is 12.2 Å². The van der Waals surface area contributed by atoms with E-state index in [4.69, 9.17) is 20.9 Å². The molecule has 0 atom stereocenters. The van der Waals surface area contributed by atoms with Crippen LogP contribution in [0.3, 0.4) is 0 Å². The molecule has 0 unspecified atom stereocenters. The Morgan fingerprint density at radius 1 is 1.21 bits per heavy atom. The summed E-state index contributed by atoms with van der Waals surface area (Å²) in [6.45, 7) is 2.34. The molecule has 0 saturated heterocycles. The Balaban J connectivity index is 1.77. The monoisotopic (exact) mass is 342 g/mol. The molecule has 0 saturated carbocycles. The van der Waals surface area contributed by atoms with Crippen LogP contribution in [0.25, 0.3) is 11.3 Å². The minimum absolute atomic E-state index is 0.260. The van der Waals surface area contributed by atoms with Gasteiger partial charge in [0.25, 0.3) is 5.91 Å². The van der Waals surface area contributed by atoms with Gasteiger partial charge < -0.3 is 9.26 Å². The molecule has 6 heteroatoms. The van der Waals surface area contributed by atoms with E-state index in [-0.39, 0.29) is 11.8 Å². The minimum Gasteiger partial charge on any atom is -0.493 e. The normalized spacial score (nSPS) is 10.4. The fraction of sp³-hybridized carbons (Fsp3) is 0.111. The molecular formula is C18H15ClN2O3. The third-order valence-electron chi connectivity index (χ3n) is 3.32. The lowest BCUT2D eigenvalue weighted by atomic mass is 10.1. The number of benzene rings is 2. The standard InChI is InChI=1S/C18H15ClN2O3/c1-2-23-16-6-4-3-5-14(16)18(22)20-17-11-15(21-24-17)12-7-9-13(19)10-8-12/h3-11H,2H2,1H3,(H,20,22). The first-order chi connectivity index (χ1) is 11.7. The fourth-order valence-corrected chi connectivity index (χ4v) is 2.33. The Hall–Kier alpha value is -2.79. The van der Waals surface area contributed by atoms with Gasteiger partial charge in [0.15, 0.2) is 0 Å². The number of halogens is 1. The number of aromatic nitrogens is 1. The Morgan fingerprint density at radius 3 is 2.71 bits per heavy atom. The molecular weight excluding hydrogens is 328 g/mol. The number of hydrogen-bond donors (Lipinski definition) is 1. The van der Waals surface area contributed by atoms with E-state index in [0.29, 0.717) is 28.6 Å². The van der Waals surface area contributed by atoms with Gasteiger partial charge in [-0.1, -0.05) is 41.0 Å². The summed E-state index contributed by atoms with van der Waals surface area (Å²) in [6, 6.07) is 15.9. The lowest BCUT2D eigenvalue weighted by Gasteiger charge is -2.08. The van der Waals surface area contributed by atoms with Crippen molar-refractivity contribution >= 4 is 23.4 Å². The third kappa shape index (κ3) is 3.58. The molecule has 3 rings (SSSR count). The SMILES string of the molecule is CCOc1ccccc1C(=O)Nc1cc(-c2ccc(Cl)cc2)no1. The molecule has 1 N–H and O–H groups in total. The largest absolute Gasteiger partial charge is 0.493 e. The van der Waals surface area contributed by atoms with Gasteiger partial charge in [0.1, 0.15) is 11.4 Å². The van der Waals surface area contributed by atoms with Crippen molar-refractivity contribution in [3.63, 3.8) is 0 Å². The smallest absolute Gasteiger partial charge is 0.261 e. The van der Waals surface area contributed by atoms with Crippen LogP contribution >= 0.6 is 11.6 Å². The molecule has 24 heavy (non-hydrogen) atoms. The predicted molar refractivity (Wildman–Crippen MR) is 92.5 cm³/mol. The van der Waals surface area contributed by atoms with Gasteiger partial charge in [0.2, 0.25) is 5.88 Å². The number of hydrogen-bond acceptors (Lipinski definition) is 4. The number of nitrogens with one attached hydrogen (secondary N) is 1. The van der Waals surface area contributed by atoms with Crippen LogP contribution in [-0.2, 0) is 0 Å². The van der Waals surface area contributed by atoms with E-state index in [1.165, 1.54) is 0 Å². The number of nitrogens with zero attached hydrogens (tertiary/aromatic N) is 1. The van der Waals surface area contributed by atoms with Gasteiger partial charge in [-0.3, -0.25) is 10.1 Å². The summed E-state index contributed by atoms with van der Waals surface area (Å²) in [5.41, 5.74) is 1.89. The molecule has 1 heterocycles. The van der Waals surface area contributed by atoms with Crippen LogP contribution in [-0.4, -0.2) is 17.7 Å². The van der Waals surface area contributed by atoms with E-state index < -0.39 is 0 Å². The van der Waals surface area contributed by atoms with Crippen molar-refractivity contribution < 1.29 is 14.1 Å². The Labute approximate surface area is 144 Å². The second kappa shape index (κ2) is 7.19. The van der Waals surface area contributed by atoms with Crippen LogP contribution in [0.4, 0.5) is 5.88 Å². The molecule has 0 aliphatic carbocycles. The zero-order valence-corrected chi connectivity index (χ0v) is 13.7. The summed E-state index contributed by atoms with van der Waals surface area (Å²) in [5, 5.41) is 7.28. The highest BCUT2D eigenvalue weighted by Gasteiger charge is 2.15. The van der Waals surface area contributed by atoms with Crippen molar-refractivity contribution in [2.24, 2.45) is 0 Å². The molecule has 0 aliphatic heterocycles. The number of carbonyl (C=O) groups excluding carboxylic acids is 1. The first-order valence-electron chi connectivity index (χ1n) is 7.43. The molecule has 2 aromatic carbocycles. The second-order valence-corrected chi connectivity index (χ2v) is 5.40. The molecule has 3 aromatic rings. The van der Waals surface area contributed by atoms with Crippen molar-refractivity contribution in [1.29, 1.82) is 0 Å². The topological polar surface area (TPSA) is 64.4 Å². The van der Waals surface area contributed by atoms with Crippen LogP contribution in [0.5, 0.6) is 5.75 Å². The van der Waals surface area contributed by atoms with Gasteiger partial charge in [0, 0.05) is 16.7 Å². The molecule has 122 valence electrons. The van der Waals surface area contributed by atoms with Crippen LogP contribution < -0.4 is 10.1 Å². The number of rotatable bonds is 5. The second-order valence-electron chi connectivity index (χ2n) is 4.97. The highest BCUT2D eigenvalue weighted by molar-refractivity contribution is 6.30. The van der Waals surface area contributed by atoms with Gasteiger partial charge in [-0.2, -0.15) is 0 Å². The van der Waals surface area contributed by atoms with Crippen molar-refractivity contribution in [2.45, 2.75) is 6.92 Å². The minimum atomic E-state index is -0.321. The molecule has 0 bridgehead atoms. The summed E-state index contributed by atoms with van der Waals surface area (Å²) in [7, 11) is 0. The van der Waals surface area contributed by atoms with E-state index in [0.717, 1.165) is 5.56 Å². The number of amides is 1. The maximum atomic E-state index is 12.4. The van der Waals surface area contributed by atoms with Crippen molar-refractivity contribution in [2.75, 3.05) is 11.9 Å². The number of carbonyl (C=O) groups is 1. The summed E-state index contributed by atoms with van der Waals surface area (Å²) < 4.78 is 10.6. The zero-order valence-electron chi connectivity index (χ0n) is 13.0. The fourth-order valence-electron chi connectivity index (χ4n) is 2.21. The molecule has 1 amide bonds. The average molecular weight is 343 g/mol. The van der Waals surface area contributed by atoms with Crippen LogP contribution in [0.1, 0.15) is 17.3 Å². The Morgan fingerprint density at radius 2 is 1.96 bits per heavy atom. The highest BCUT2D eigenvalue weighted by Crippen LogP contribution is 2.24. The third-order valence-corrected chi connectivity index (χ3v) is 3.57. The quantitative estimate of drug-likeness (QED) is 0.733. The van der Waals surface area contributed by atoms with Crippen LogP contribution in [0.15, 0.2) is 59.1 Å². The lowest BCUT2D eigenvalue weighted by Crippen LogP contribution is -2.13. The maximum Gasteiger partial charge on any atom is 0.261 e. The van der Waals surface area contributed by atoms with Gasteiger partial charge >= 0.3 is 0 Å². The number of para-hydroxylation sites is 1. The molecule has 0 radical (unpaired) electrons. The van der Waals surface area contributed by atoms with Gasteiger partial charge in [-0.15, -0.1) is 0 Å².